The Morgan fingerprint density at radius 1 is 0.889 bits per heavy atom. The van der Waals surface area contributed by atoms with Gasteiger partial charge in [-0.3, -0.25) is 0 Å². The number of hydrogen-bond acceptors (Lipinski definition) is 2. The highest BCUT2D eigenvalue weighted by Crippen LogP contribution is 2.50. The van der Waals surface area contributed by atoms with Gasteiger partial charge in [0.2, 0.25) is 0 Å². The monoisotopic (exact) mass is 240 g/mol. The molecule has 0 aliphatic carbocycles. The minimum absolute atomic E-state index is 0.358. The first-order valence-electron chi connectivity index (χ1n) is 6.14. The van der Waals surface area contributed by atoms with Gasteiger partial charge in [0.05, 0.1) is 6.61 Å². The summed E-state index contributed by atoms with van der Waals surface area (Å²) in [5.74, 6) is 0. The molecule has 2 nitrogen and oxygen atoms in total. The van der Waals surface area contributed by atoms with E-state index in [2.05, 4.69) is 0 Å². The molecule has 3 rings (SSSR count). The first-order chi connectivity index (χ1) is 8.67. The van der Waals surface area contributed by atoms with Crippen molar-refractivity contribution in [3.05, 3.63) is 71.8 Å². The quantitative estimate of drug-likeness (QED) is 0.874. The lowest BCUT2D eigenvalue weighted by Gasteiger charge is -2.54. The van der Waals surface area contributed by atoms with E-state index in [0.717, 1.165) is 11.1 Å². The van der Waals surface area contributed by atoms with E-state index >= 15 is 0 Å². The maximum atomic E-state index is 10.6. The summed E-state index contributed by atoms with van der Waals surface area (Å²) in [7, 11) is 0. The Kier molecular flexibility index (Phi) is 2.51. The van der Waals surface area contributed by atoms with Crippen LogP contribution in [0.1, 0.15) is 18.1 Å². The summed E-state index contributed by atoms with van der Waals surface area (Å²) in [6, 6.07) is 19.8. The molecule has 92 valence electrons. The van der Waals surface area contributed by atoms with Gasteiger partial charge in [0, 0.05) is 0 Å². The van der Waals surface area contributed by atoms with E-state index in [1.54, 1.807) is 0 Å². The predicted molar refractivity (Wildman–Crippen MR) is 70.2 cm³/mol. The number of benzene rings is 2. The van der Waals surface area contributed by atoms with E-state index in [9.17, 15) is 5.11 Å². The molecule has 0 spiro atoms. The average molecular weight is 240 g/mol. The lowest BCUT2D eigenvalue weighted by molar-refractivity contribution is -0.283. The van der Waals surface area contributed by atoms with E-state index in [-0.39, 0.29) is 0 Å². The molecule has 0 radical (unpaired) electrons. The lowest BCUT2D eigenvalue weighted by atomic mass is 9.70. The van der Waals surface area contributed by atoms with Gasteiger partial charge in [-0.15, -0.1) is 0 Å². The van der Waals surface area contributed by atoms with Gasteiger partial charge in [0.1, 0.15) is 11.2 Å². The second-order valence-corrected chi connectivity index (χ2v) is 4.98. The predicted octanol–water partition coefficient (Wildman–Crippen LogP) is 2.71. The summed E-state index contributed by atoms with van der Waals surface area (Å²) in [6.07, 6.45) is 0. The zero-order valence-electron chi connectivity index (χ0n) is 10.3. The van der Waals surface area contributed by atoms with Crippen LogP contribution in [-0.2, 0) is 10.3 Å². The fourth-order valence-corrected chi connectivity index (χ4v) is 2.73. The molecule has 1 atom stereocenters. The van der Waals surface area contributed by atoms with Crippen LogP contribution < -0.4 is 0 Å². The van der Waals surface area contributed by atoms with Crippen LogP contribution >= 0.6 is 0 Å². The minimum Gasteiger partial charge on any atom is -0.384 e. The van der Waals surface area contributed by atoms with Crippen molar-refractivity contribution < 1.29 is 9.84 Å². The molecule has 1 saturated heterocycles. The van der Waals surface area contributed by atoms with E-state index in [1.807, 2.05) is 67.6 Å². The van der Waals surface area contributed by atoms with Crippen LogP contribution in [0.3, 0.4) is 0 Å². The third kappa shape index (κ3) is 1.43. The van der Waals surface area contributed by atoms with Gasteiger partial charge in [-0.2, -0.15) is 0 Å². The van der Waals surface area contributed by atoms with Crippen molar-refractivity contribution in [1.29, 1.82) is 0 Å². The normalized spacial score (nSPS) is 25.4. The molecule has 1 fully saturated rings. The molecular formula is C16H16O2. The highest BCUT2D eigenvalue weighted by atomic mass is 16.6. The van der Waals surface area contributed by atoms with Gasteiger partial charge in [-0.05, 0) is 18.1 Å². The molecule has 2 aromatic carbocycles. The molecule has 0 bridgehead atoms. The fraction of sp³-hybridized carbons (Fsp3) is 0.250. The number of aliphatic hydroxyl groups is 1. The summed E-state index contributed by atoms with van der Waals surface area (Å²) >= 11 is 0. The molecule has 0 saturated carbocycles. The zero-order valence-corrected chi connectivity index (χ0v) is 10.3. The third-order valence-electron chi connectivity index (χ3n) is 3.69. The topological polar surface area (TPSA) is 29.5 Å². The molecular weight excluding hydrogens is 224 g/mol. The Hall–Kier alpha value is -1.64. The number of rotatable bonds is 2. The largest absolute Gasteiger partial charge is 0.384 e. The molecule has 1 aliphatic rings. The highest BCUT2D eigenvalue weighted by Gasteiger charge is 2.59. The van der Waals surface area contributed by atoms with E-state index < -0.39 is 11.2 Å². The first-order valence-corrected chi connectivity index (χ1v) is 6.14. The van der Waals surface area contributed by atoms with E-state index in [0.29, 0.717) is 6.61 Å². The Bertz CT molecular complexity index is 492. The van der Waals surface area contributed by atoms with Gasteiger partial charge in [0.25, 0.3) is 0 Å². The van der Waals surface area contributed by atoms with Crippen LogP contribution in [-0.4, -0.2) is 17.3 Å². The molecule has 1 N–H and O–H groups in total. The van der Waals surface area contributed by atoms with Crippen LogP contribution in [0.5, 0.6) is 0 Å². The molecule has 1 aliphatic heterocycles. The molecule has 0 unspecified atom stereocenters. The molecule has 1 heterocycles. The van der Waals surface area contributed by atoms with Gasteiger partial charge < -0.3 is 9.84 Å². The summed E-state index contributed by atoms with van der Waals surface area (Å²) < 4.78 is 5.86. The van der Waals surface area contributed by atoms with Crippen molar-refractivity contribution in [2.75, 3.05) is 6.61 Å². The molecule has 0 amide bonds. The maximum Gasteiger partial charge on any atom is 0.149 e. The Balaban J connectivity index is 2.18. The minimum atomic E-state index is -0.879. The SMILES string of the molecule is C[C@@]1(O)COC1(c1ccccc1)c1ccccc1. The average Bonchev–Trinajstić information content (AvgIpc) is 2.41. The summed E-state index contributed by atoms with van der Waals surface area (Å²) in [5, 5.41) is 10.6. The second-order valence-electron chi connectivity index (χ2n) is 4.98. The third-order valence-corrected chi connectivity index (χ3v) is 3.69. The zero-order chi connectivity index (χ0) is 12.6. The summed E-state index contributed by atoms with van der Waals surface area (Å²) in [6.45, 7) is 2.19. The summed E-state index contributed by atoms with van der Waals surface area (Å²) in [4.78, 5) is 0. The van der Waals surface area contributed by atoms with Crippen LogP contribution in [0.25, 0.3) is 0 Å². The van der Waals surface area contributed by atoms with Crippen molar-refractivity contribution in [3.8, 4) is 0 Å². The number of ether oxygens (including phenoxy) is 1. The highest BCUT2D eigenvalue weighted by molar-refractivity contribution is 5.42. The number of hydrogen-bond donors (Lipinski definition) is 1. The van der Waals surface area contributed by atoms with Crippen molar-refractivity contribution in [1.82, 2.24) is 0 Å². The maximum absolute atomic E-state index is 10.6. The lowest BCUT2D eigenvalue weighted by Crippen LogP contribution is -2.65. The van der Waals surface area contributed by atoms with Crippen molar-refractivity contribution >= 4 is 0 Å². The van der Waals surface area contributed by atoms with Crippen LogP contribution in [0.15, 0.2) is 60.7 Å². The van der Waals surface area contributed by atoms with Crippen molar-refractivity contribution in [2.24, 2.45) is 0 Å². The molecule has 0 aromatic heterocycles. The Morgan fingerprint density at radius 3 is 1.61 bits per heavy atom. The Labute approximate surface area is 107 Å². The smallest absolute Gasteiger partial charge is 0.149 e. The van der Waals surface area contributed by atoms with E-state index in [1.165, 1.54) is 0 Å². The molecule has 18 heavy (non-hydrogen) atoms. The van der Waals surface area contributed by atoms with Crippen LogP contribution in [0, 0.1) is 0 Å². The van der Waals surface area contributed by atoms with Crippen LogP contribution in [0.2, 0.25) is 0 Å². The standard InChI is InChI=1S/C16H16O2/c1-15(17)12-18-16(15,13-8-4-2-5-9-13)14-10-6-3-7-11-14/h2-11,17H,12H2,1H3/t15-/m1/s1. The van der Waals surface area contributed by atoms with Gasteiger partial charge >= 0.3 is 0 Å². The van der Waals surface area contributed by atoms with Crippen molar-refractivity contribution in [3.63, 3.8) is 0 Å². The van der Waals surface area contributed by atoms with Gasteiger partial charge in [0.15, 0.2) is 0 Å². The first kappa shape index (κ1) is 11.5. The molecule has 2 heteroatoms. The van der Waals surface area contributed by atoms with Crippen molar-refractivity contribution in [2.45, 2.75) is 18.1 Å². The second kappa shape index (κ2) is 3.94. The van der Waals surface area contributed by atoms with E-state index in [4.69, 9.17) is 4.74 Å². The summed E-state index contributed by atoms with van der Waals surface area (Å²) in [5.41, 5.74) is 0.366. The van der Waals surface area contributed by atoms with Crippen LogP contribution in [0.4, 0.5) is 0 Å². The van der Waals surface area contributed by atoms with Gasteiger partial charge in [-0.25, -0.2) is 0 Å². The van der Waals surface area contributed by atoms with Gasteiger partial charge in [-0.1, -0.05) is 60.7 Å². The fourth-order valence-electron chi connectivity index (χ4n) is 2.73. The Morgan fingerprint density at radius 2 is 1.33 bits per heavy atom. The molecule has 2 aromatic rings.